The fraction of sp³-hybridized carbons (Fsp3) is 0.773. The number of fused-ring (bicyclic) bond motifs is 11. The molecule has 3 fully saturated rings. The van der Waals surface area contributed by atoms with E-state index in [2.05, 4.69) is 27.8 Å². The third kappa shape index (κ3) is 10.6. The number of aliphatic hydroxyl groups excluding tert-OH is 3. The van der Waals surface area contributed by atoms with Gasteiger partial charge in [0.15, 0.2) is 23.7 Å². The highest BCUT2D eigenvalue weighted by Crippen LogP contribution is 2.46. The van der Waals surface area contributed by atoms with Crippen molar-refractivity contribution in [2.24, 2.45) is 33.9 Å². The second-order valence-corrected chi connectivity index (χ2v) is 21.1. The van der Waals surface area contributed by atoms with E-state index in [0.717, 1.165) is 82.4 Å². The van der Waals surface area contributed by atoms with Gasteiger partial charge in [-0.1, -0.05) is 52.7 Å². The van der Waals surface area contributed by atoms with Crippen molar-refractivity contribution < 1.29 is 39.8 Å². The van der Waals surface area contributed by atoms with Crippen LogP contribution in [-0.2, 0) is 16.0 Å². The van der Waals surface area contributed by atoms with Crippen LogP contribution in [0, 0.1) is 35.0 Å². The van der Waals surface area contributed by atoms with Gasteiger partial charge in [0.2, 0.25) is 0 Å². The standard InChI is InChI=1S/C44H67N5O8S2/c1-27(50)42-13-8-30-18-29-6-7-39(46-16-17-58-59-26-43(11-4-3-5-12-43)49-41(45)47-25-42)44(23-29)24-33(10-15-48-44)57-38-20-31(35(40(54)55)22-36(38)53)19-34(30)37(56-28(2)51)21-32(52)9-14-42/h20,22,27,29-30,32-34,37,39-40,46,48,50,52-55H,3-7,9-12,14-19,21,23-26H2,1-2H3,(H3,45,47,49)/t27-,29+,30+,32-,33+,34-,37-,39-,42-,44-/m0/s1. The van der Waals surface area contributed by atoms with Gasteiger partial charge in [-0.05, 0) is 101 Å². The van der Waals surface area contributed by atoms with Gasteiger partial charge in [-0.3, -0.25) is 9.79 Å². The SMILES string of the molecule is CC(=O)O[C@H]1C[C@@H](O)CC[C@@]2([C@H](C)O)C#C[C@@H]3C[C@H]4CC[C@H](NCCSSCC5(CCCCC5)NC(N)=NC2)[C@]2(C4)C[C@@H](CCN2)Oc2cc(c(C(O)O)cc2O)C[C@@H]31. The molecule has 15 heteroatoms. The predicted octanol–water partition coefficient (Wildman–Crippen LogP) is 4.03. The Bertz CT molecular complexity index is 1720. The normalized spacial score (nSPS) is 36.1. The van der Waals surface area contributed by atoms with Crippen molar-refractivity contribution in [3.05, 3.63) is 23.3 Å². The van der Waals surface area contributed by atoms with Gasteiger partial charge in [-0.2, -0.15) is 0 Å². The van der Waals surface area contributed by atoms with Gasteiger partial charge >= 0.3 is 5.97 Å². The Kier molecular flexibility index (Phi) is 14.6. The monoisotopic (exact) mass is 857 g/mol. The van der Waals surface area contributed by atoms with Crippen LogP contribution in [0.15, 0.2) is 17.1 Å². The second-order valence-electron chi connectivity index (χ2n) is 18.5. The molecule has 1 saturated heterocycles. The van der Waals surface area contributed by atoms with E-state index in [-0.39, 0.29) is 72.0 Å². The molecule has 7 aliphatic rings. The Hall–Kier alpha value is -2.42. The Morgan fingerprint density at radius 3 is 2.63 bits per heavy atom. The minimum atomic E-state index is -1.89. The lowest BCUT2D eigenvalue weighted by Crippen LogP contribution is -2.66. The largest absolute Gasteiger partial charge is 0.504 e. The van der Waals surface area contributed by atoms with Crippen LogP contribution in [0.4, 0.5) is 0 Å². The molecule has 3 aliphatic carbocycles. The topological polar surface area (TPSA) is 211 Å². The summed E-state index contributed by atoms with van der Waals surface area (Å²) in [5.74, 6) is 8.36. The van der Waals surface area contributed by atoms with Crippen LogP contribution >= 0.6 is 21.6 Å². The number of benzene rings is 1. The van der Waals surface area contributed by atoms with E-state index in [1.54, 1.807) is 13.0 Å². The quantitative estimate of drug-likeness (QED) is 0.0911. The average molecular weight is 858 g/mol. The van der Waals surface area contributed by atoms with E-state index >= 15 is 0 Å². The third-order valence-electron chi connectivity index (χ3n) is 14.3. The number of ether oxygens (including phenoxy) is 2. The molecule has 13 nitrogen and oxygen atoms in total. The molecule has 8 rings (SSSR count). The van der Waals surface area contributed by atoms with Gasteiger partial charge in [0, 0.05) is 72.3 Å². The van der Waals surface area contributed by atoms with E-state index < -0.39 is 47.8 Å². The molecule has 0 radical (unpaired) electrons. The molecule has 59 heavy (non-hydrogen) atoms. The molecule has 4 aliphatic heterocycles. The van der Waals surface area contributed by atoms with Crippen LogP contribution in [-0.4, -0.2) is 110 Å². The van der Waals surface area contributed by atoms with Crippen molar-refractivity contribution in [3.63, 3.8) is 0 Å². The first-order valence-corrected chi connectivity index (χ1v) is 24.5. The highest BCUT2D eigenvalue weighted by atomic mass is 33.1. The number of rotatable bonds is 3. The molecule has 0 unspecified atom stereocenters. The lowest BCUT2D eigenvalue weighted by Gasteiger charge is -2.52. The molecule has 4 heterocycles. The van der Waals surface area contributed by atoms with Gasteiger partial charge < -0.3 is 56.7 Å². The maximum absolute atomic E-state index is 12.9. The summed E-state index contributed by atoms with van der Waals surface area (Å²) in [6, 6.07) is 3.24. The zero-order chi connectivity index (χ0) is 41.8. The van der Waals surface area contributed by atoms with Crippen LogP contribution < -0.4 is 26.4 Å². The maximum Gasteiger partial charge on any atom is 0.302 e. The van der Waals surface area contributed by atoms with Gasteiger partial charge in [-0.15, -0.1) is 0 Å². The highest BCUT2D eigenvalue weighted by Gasteiger charge is 2.49. The summed E-state index contributed by atoms with van der Waals surface area (Å²) < 4.78 is 12.8. The summed E-state index contributed by atoms with van der Waals surface area (Å²) in [4.78, 5) is 17.8. The number of aliphatic imine (C=N–C) groups is 1. The number of nitrogens with zero attached hydrogens (tertiary/aromatic N) is 1. The van der Waals surface area contributed by atoms with Crippen LogP contribution in [0.1, 0.15) is 121 Å². The number of piperidine rings is 1. The number of phenols is 1. The minimum absolute atomic E-state index is 0.125. The predicted molar refractivity (Wildman–Crippen MR) is 232 cm³/mol. The van der Waals surface area contributed by atoms with Gasteiger partial charge in [0.25, 0.3) is 0 Å². The Morgan fingerprint density at radius 2 is 1.86 bits per heavy atom. The van der Waals surface area contributed by atoms with Crippen molar-refractivity contribution in [2.45, 2.75) is 158 Å². The van der Waals surface area contributed by atoms with E-state index in [9.17, 15) is 30.3 Å². The molecule has 0 aromatic heterocycles. The summed E-state index contributed by atoms with van der Waals surface area (Å²) in [5.41, 5.74) is 5.87. The van der Waals surface area contributed by atoms with Gasteiger partial charge in [0.1, 0.15) is 12.2 Å². The Balaban J connectivity index is 1.39. The number of hydrogen-bond acceptors (Lipinski definition) is 15. The number of nitrogens with two attached hydrogens (primary N) is 1. The van der Waals surface area contributed by atoms with E-state index in [1.165, 1.54) is 19.4 Å². The number of phenolic OH excluding ortho intramolecular Hbond substituents is 1. The first-order chi connectivity index (χ1) is 28.3. The molecule has 2 saturated carbocycles. The minimum Gasteiger partial charge on any atom is -0.504 e. The van der Waals surface area contributed by atoms with Crippen LogP contribution in [0.25, 0.3) is 0 Å². The molecule has 8 bridgehead atoms. The first-order valence-electron chi connectivity index (χ1n) is 22.0. The van der Waals surface area contributed by atoms with Crippen LogP contribution in [0.5, 0.6) is 11.5 Å². The number of carbonyl (C=O) groups excluding carboxylic acids is 1. The van der Waals surface area contributed by atoms with Crippen molar-refractivity contribution >= 4 is 33.5 Å². The zero-order valence-corrected chi connectivity index (χ0v) is 36.4. The lowest BCUT2D eigenvalue weighted by atomic mass is 9.64. The molecule has 0 amide bonds. The van der Waals surface area contributed by atoms with Crippen molar-refractivity contribution in [3.8, 4) is 23.3 Å². The van der Waals surface area contributed by atoms with Gasteiger partial charge in [0.05, 0.1) is 24.2 Å². The van der Waals surface area contributed by atoms with E-state index in [1.807, 2.05) is 21.6 Å². The number of carbonyl (C=O) groups is 1. The summed E-state index contributed by atoms with van der Waals surface area (Å²) in [6.07, 6.45) is 6.64. The van der Waals surface area contributed by atoms with Crippen molar-refractivity contribution in [2.75, 3.05) is 31.1 Å². The molecule has 1 aromatic carbocycles. The molecular weight excluding hydrogens is 791 g/mol. The molecule has 10 atom stereocenters. The van der Waals surface area contributed by atoms with Gasteiger partial charge in [-0.25, -0.2) is 0 Å². The number of aliphatic hydroxyl groups is 4. The number of nitrogens with one attached hydrogen (secondary N) is 3. The number of hydrogen-bond donors (Lipinski definition) is 9. The summed E-state index contributed by atoms with van der Waals surface area (Å²) >= 11 is 0. The van der Waals surface area contributed by atoms with Crippen LogP contribution in [0.3, 0.4) is 0 Å². The molecular formula is C44H67N5O8S2. The van der Waals surface area contributed by atoms with Crippen molar-refractivity contribution in [1.82, 2.24) is 16.0 Å². The summed E-state index contributed by atoms with van der Waals surface area (Å²) in [6.45, 7) is 4.84. The number of esters is 1. The Labute approximate surface area is 357 Å². The van der Waals surface area contributed by atoms with Crippen LogP contribution in [0.2, 0.25) is 0 Å². The number of guanidine groups is 1. The summed E-state index contributed by atoms with van der Waals surface area (Å²) in [5, 5.41) is 67.6. The van der Waals surface area contributed by atoms with E-state index in [0.29, 0.717) is 24.4 Å². The molecule has 328 valence electrons. The third-order valence-corrected chi connectivity index (χ3v) is 16.9. The smallest absolute Gasteiger partial charge is 0.302 e. The summed E-state index contributed by atoms with van der Waals surface area (Å²) in [7, 11) is 3.77. The highest BCUT2D eigenvalue weighted by molar-refractivity contribution is 8.76. The first kappa shape index (κ1) is 44.6. The zero-order valence-electron chi connectivity index (χ0n) is 34.8. The van der Waals surface area contributed by atoms with E-state index in [4.69, 9.17) is 20.2 Å². The maximum atomic E-state index is 12.9. The fourth-order valence-corrected chi connectivity index (χ4v) is 13.6. The lowest BCUT2D eigenvalue weighted by molar-refractivity contribution is -0.152. The second kappa shape index (κ2) is 19.3. The molecule has 10 N–H and O–H groups in total. The Morgan fingerprint density at radius 1 is 1.05 bits per heavy atom. The number of aromatic hydroxyl groups is 1. The fourth-order valence-electron chi connectivity index (χ4n) is 11.1. The average Bonchev–Trinajstić information content (AvgIpc) is 3.18. The molecule has 1 aromatic rings. The molecule has 2 spiro atoms. The van der Waals surface area contributed by atoms with Crippen molar-refractivity contribution in [1.29, 1.82) is 0 Å².